The summed E-state index contributed by atoms with van der Waals surface area (Å²) in [7, 11) is 0. The highest BCUT2D eigenvalue weighted by Crippen LogP contribution is 2.27. The van der Waals surface area contributed by atoms with Crippen LogP contribution in [0.3, 0.4) is 0 Å². The van der Waals surface area contributed by atoms with Gasteiger partial charge in [0.2, 0.25) is 0 Å². The first-order valence-electron chi connectivity index (χ1n) is 16.5. The molecule has 1 atom stereocenters. The molecule has 0 saturated carbocycles. The van der Waals surface area contributed by atoms with Crippen molar-refractivity contribution in [3.05, 3.63) is 111 Å². The maximum Gasteiger partial charge on any atom is 0.263 e. The van der Waals surface area contributed by atoms with Crippen molar-refractivity contribution >= 4 is 28.3 Å². The van der Waals surface area contributed by atoms with Gasteiger partial charge in [0.1, 0.15) is 0 Å². The lowest BCUT2D eigenvalue weighted by Crippen LogP contribution is -2.49. The van der Waals surface area contributed by atoms with E-state index in [9.17, 15) is 9.59 Å². The summed E-state index contributed by atoms with van der Waals surface area (Å²) in [5.41, 5.74) is 2.82. The zero-order chi connectivity index (χ0) is 31.2. The number of hydrogen-bond donors (Lipinski definition) is 1. The summed E-state index contributed by atoms with van der Waals surface area (Å²) in [6, 6.07) is 24.8. The average Bonchev–Trinajstić information content (AvgIpc) is 3.08. The van der Waals surface area contributed by atoms with Crippen molar-refractivity contribution in [2.45, 2.75) is 45.2 Å². The number of pyridine rings is 1. The zero-order valence-electron chi connectivity index (χ0n) is 26.3. The van der Waals surface area contributed by atoms with Crippen LogP contribution in [0.5, 0.6) is 0 Å². The maximum absolute atomic E-state index is 14.4. The van der Waals surface area contributed by atoms with E-state index in [1.54, 1.807) is 16.7 Å². The lowest BCUT2D eigenvalue weighted by Gasteiger charge is -2.37. The Hall–Kier alpha value is -3.49. The van der Waals surface area contributed by atoms with Gasteiger partial charge in [0.15, 0.2) is 0 Å². The predicted octanol–water partition coefficient (Wildman–Crippen LogP) is 6.13. The van der Waals surface area contributed by atoms with Crippen molar-refractivity contribution in [3.8, 4) is 5.69 Å². The Morgan fingerprint density at radius 1 is 0.778 bits per heavy atom. The number of piperazine rings is 1. The van der Waals surface area contributed by atoms with Gasteiger partial charge in [0.25, 0.3) is 11.5 Å². The first-order valence-corrected chi connectivity index (χ1v) is 16.8. The van der Waals surface area contributed by atoms with E-state index in [1.807, 2.05) is 66.7 Å². The van der Waals surface area contributed by atoms with Gasteiger partial charge in [-0.2, -0.15) is 0 Å². The van der Waals surface area contributed by atoms with E-state index in [1.165, 1.54) is 32.4 Å². The summed E-state index contributed by atoms with van der Waals surface area (Å²) in [4.78, 5) is 36.2. The van der Waals surface area contributed by atoms with Crippen LogP contribution in [0.1, 0.15) is 60.3 Å². The Bertz CT molecular complexity index is 1660. The number of nitrogens with zero attached hydrogens (tertiary/aromatic N) is 4. The van der Waals surface area contributed by atoms with E-state index < -0.39 is 0 Å². The van der Waals surface area contributed by atoms with Crippen LogP contribution >= 0.6 is 11.6 Å². The largest absolute Gasteiger partial charge is 0.345 e. The van der Waals surface area contributed by atoms with Crippen LogP contribution in [0, 0.1) is 0 Å². The van der Waals surface area contributed by atoms with Crippen molar-refractivity contribution in [1.29, 1.82) is 0 Å². The number of likely N-dealkylation sites (tertiary alicyclic amines) is 1. The number of fused-ring (bicyclic) bond motifs is 1. The fourth-order valence-electron chi connectivity index (χ4n) is 6.87. The molecule has 7 nitrogen and oxygen atoms in total. The SMILES string of the molecule is CC[C@H](NC(=O)c1c(CN2CCN(CCN3CCCCC3)CC2)n(-c2cccc(Cl)c2)c(=O)c2ccccc12)c1ccccc1. The van der Waals surface area contributed by atoms with Crippen LogP contribution in [0.2, 0.25) is 5.02 Å². The number of amides is 1. The molecule has 2 saturated heterocycles. The second kappa shape index (κ2) is 14.7. The molecule has 1 aromatic heterocycles. The van der Waals surface area contributed by atoms with Crippen LogP contribution in [0.4, 0.5) is 0 Å². The third-order valence-electron chi connectivity index (χ3n) is 9.42. The van der Waals surface area contributed by atoms with Crippen molar-refractivity contribution in [3.63, 3.8) is 0 Å². The molecule has 236 valence electrons. The molecule has 3 heterocycles. The van der Waals surface area contributed by atoms with Crippen LogP contribution in [-0.2, 0) is 6.54 Å². The molecule has 3 aromatic carbocycles. The van der Waals surface area contributed by atoms with Gasteiger partial charge in [-0.05, 0) is 62.2 Å². The predicted molar refractivity (Wildman–Crippen MR) is 184 cm³/mol. The Morgan fingerprint density at radius 2 is 1.42 bits per heavy atom. The minimum absolute atomic E-state index is 0.144. The zero-order valence-corrected chi connectivity index (χ0v) is 27.0. The summed E-state index contributed by atoms with van der Waals surface area (Å²) in [5, 5.41) is 5.06. The molecule has 1 N–H and O–H groups in total. The van der Waals surface area contributed by atoms with Crippen molar-refractivity contribution in [1.82, 2.24) is 24.6 Å². The van der Waals surface area contributed by atoms with E-state index in [0.29, 0.717) is 39.3 Å². The average molecular weight is 626 g/mol. The molecule has 6 rings (SSSR count). The number of halogens is 1. The molecule has 4 aromatic rings. The van der Waals surface area contributed by atoms with E-state index in [0.717, 1.165) is 51.3 Å². The van der Waals surface area contributed by atoms with Gasteiger partial charge >= 0.3 is 0 Å². The van der Waals surface area contributed by atoms with Crippen LogP contribution < -0.4 is 10.9 Å². The van der Waals surface area contributed by atoms with Crippen LogP contribution in [-0.4, -0.2) is 77.5 Å². The van der Waals surface area contributed by atoms with Crippen LogP contribution in [0.15, 0.2) is 83.7 Å². The molecule has 0 radical (unpaired) electrons. The Balaban J connectivity index is 1.35. The quantitative estimate of drug-likeness (QED) is 0.230. The second-order valence-electron chi connectivity index (χ2n) is 12.4. The maximum atomic E-state index is 14.4. The van der Waals surface area contributed by atoms with Gasteiger partial charge in [-0.3, -0.25) is 24.0 Å². The molecule has 8 heteroatoms. The monoisotopic (exact) mass is 625 g/mol. The highest BCUT2D eigenvalue weighted by molar-refractivity contribution is 6.30. The molecular weight excluding hydrogens is 582 g/mol. The normalized spacial score (nSPS) is 17.4. The number of carbonyl (C=O) groups is 1. The minimum Gasteiger partial charge on any atom is -0.345 e. The van der Waals surface area contributed by atoms with Gasteiger partial charge in [0.05, 0.1) is 23.0 Å². The number of nitrogens with one attached hydrogen (secondary N) is 1. The van der Waals surface area contributed by atoms with Crippen molar-refractivity contribution < 1.29 is 4.79 Å². The first-order chi connectivity index (χ1) is 22.0. The number of hydrogen-bond acceptors (Lipinski definition) is 5. The third-order valence-corrected chi connectivity index (χ3v) is 9.65. The molecule has 2 aliphatic heterocycles. The summed E-state index contributed by atoms with van der Waals surface area (Å²) in [5.74, 6) is -0.173. The third kappa shape index (κ3) is 7.33. The summed E-state index contributed by atoms with van der Waals surface area (Å²) in [6.45, 7) is 10.9. The molecular formula is C37H44ClN5O2. The van der Waals surface area contributed by atoms with Gasteiger partial charge in [-0.15, -0.1) is 0 Å². The number of carbonyl (C=O) groups excluding carboxylic acids is 1. The van der Waals surface area contributed by atoms with E-state index >= 15 is 0 Å². The number of piperidine rings is 1. The standard InChI is InChI=1S/C37H44ClN5O2/c1-2-33(28-12-5-3-6-13-28)39-36(44)35-31-16-7-8-17-32(31)37(45)43(30-15-11-14-29(38)26-30)34(35)27-42-24-22-41(23-25-42)21-20-40-18-9-4-10-19-40/h3,5-8,11-17,26,33H,2,4,9-10,18-25,27H2,1H3,(H,39,44)/t33-/m0/s1. The molecule has 0 bridgehead atoms. The Morgan fingerprint density at radius 3 is 2.11 bits per heavy atom. The fraction of sp³-hybridized carbons (Fsp3) is 0.405. The van der Waals surface area contributed by atoms with E-state index in [4.69, 9.17) is 11.6 Å². The lowest BCUT2D eigenvalue weighted by atomic mass is 9.99. The first kappa shape index (κ1) is 31.5. The number of benzene rings is 3. The van der Waals surface area contributed by atoms with Crippen LogP contribution in [0.25, 0.3) is 16.5 Å². The Kier molecular flexibility index (Phi) is 10.3. The highest BCUT2D eigenvalue weighted by Gasteiger charge is 2.27. The Labute approximate surface area is 271 Å². The van der Waals surface area contributed by atoms with Gasteiger partial charge in [-0.25, -0.2) is 0 Å². The smallest absolute Gasteiger partial charge is 0.263 e. The topological polar surface area (TPSA) is 60.8 Å². The molecule has 1 amide bonds. The summed E-state index contributed by atoms with van der Waals surface area (Å²) < 4.78 is 1.72. The van der Waals surface area contributed by atoms with Gasteiger partial charge in [0, 0.05) is 61.6 Å². The van der Waals surface area contributed by atoms with E-state index in [2.05, 4.69) is 26.9 Å². The van der Waals surface area contributed by atoms with Crippen molar-refractivity contribution in [2.75, 3.05) is 52.4 Å². The highest BCUT2D eigenvalue weighted by atomic mass is 35.5. The summed E-state index contributed by atoms with van der Waals surface area (Å²) in [6.07, 6.45) is 4.73. The molecule has 0 spiro atoms. The van der Waals surface area contributed by atoms with Gasteiger partial charge in [-0.1, -0.05) is 79.5 Å². The molecule has 2 fully saturated rings. The fourth-order valence-corrected chi connectivity index (χ4v) is 7.06. The minimum atomic E-state index is -0.173. The lowest BCUT2D eigenvalue weighted by molar-refractivity contribution is 0.0928. The number of rotatable bonds is 10. The van der Waals surface area contributed by atoms with E-state index in [-0.39, 0.29) is 17.5 Å². The number of aromatic nitrogens is 1. The summed E-state index contributed by atoms with van der Waals surface area (Å²) >= 11 is 6.46. The molecule has 0 aliphatic carbocycles. The van der Waals surface area contributed by atoms with Crippen molar-refractivity contribution in [2.24, 2.45) is 0 Å². The molecule has 45 heavy (non-hydrogen) atoms. The molecule has 0 unspecified atom stereocenters. The van der Waals surface area contributed by atoms with Gasteiger partial charge < -0.3 is 10.2 Å². The second-order valence-corrected chi connectivity index (χ2v) is 12.8. The molecule has 2 aliphatic rings.